The molecule has 2 nitrogen and oxygen atoms in total. The van der Waals surface area contributed by atoms with Gasteiger partial charge in [0.1, 0.15) is 5.15 Å². The fraction of sp³-hybridized carbons (Fsp3) is 0.231. The van der Waals surface area contributed by atoms with Gasteiger partial charge in [0.2, 0.25) is 0 Å². The van der Waals surface area contributed by atoms with Crippen LogP contribution in [0.2, 0.25) is 10.2 Å². The summed E-state index contributed by atoms with van der Waals surface area (Å²) in [6.45, 7) is 4.14. The van der Waals surface area contributed by atoms with Gasteiger partial charge in [-0.3, -0.25) is 0 Å². The second-order valence-corrected chi connectivity index (χ2v) is 5.90. The summed E-state index contributed by atoms with van der Waals surface area (Å²) < 4.78 is 0.854. The predicted molar refractivity (Wildman–Crippen MR) is 79.3 cm³/mol. The van der Waals surface area contributed by atoms with Crippen molar-refractivity contribution < 1.29 is 0 Å². The van der Waals surface area contributed by atoms with Gasteiger partial charge in [-0.05, 0) is 46.1 Å². The highest BCUT2D eigenvalue weighted by molar-refractivity contribution is 9.10. The summed E-state index contributed by atoms with van der Waals surface area (Å²) in [6, 6.07) is 7.29. The van der Waals surface area contributed by atoms with Crippen LogP contribution in [-0.2, 0) is 0 Å². The van der Waals surface area contributed by atoms with Gasteiger partial charge >= 0.3 is 0 Å². The van der Waals surface area contributed by atoms with Gasteiger partial charge in [-0.2, -0.15) is 0 Å². The molecular formula is C13H11BrCl2N2. The van der Waals surface area contributed by atoms with Crippen LogP contribution in [0.5, 0.6) is 0 Å². The number of hydrogen-bond acceptors (Lipinski definition) is 2. The molecule has 5 heteroatoms. The van der Waals surface area contributed by atoms with Gasteiger partial charge in [-0.15, -0.1) is 0 Å². The molecule has 0 N–H and O–H groups in total. The lowest BCUT2D eigenvalue weighted by Crippen LogP contribution is -1.98. The number of aromatic nitrogens is 2. The van der Waals surface area contributed by atoms with Crippen molar-refractivity contribution in [2.75, 3.05) is 0 Å². The zero-order valence-electron chi connectivity index (χ0n) is 9.92. The first-order valence-corrected chi connectivity index (χ1v) is 7.02. The topological polar surface area (TPSA) is 25.8 Å². The van der Waals surface area contributed by atoms with Crippen LogP contribution < -0.4 is 0 Å². The average Bonchev–Trinajstić information content (AvgIpc) is 2.27. The first-order chi connectivity index (χ1) is 8.47. The number of nitrogens with zero attached hydrogens (tertiary/aromatic N) is 2. The van der Waals surface area contributed by atoms with Crippen LogP contribution in [0.25, 0.3) is 11.4 Å². The van der Waals surface area contributed by atoms with Crippen LogP contribution >= 0.6 is 39.1 Å². The summed E-state index contributed by atoms with van der Waals surface area (Å²) in [4.78, 5) is 8.78. The van der Waals surface area contributed by atoms with E-state index in [1.54, 1.807) is 12.1 Å². The normalized spacial score (nSPS) is 11.0. The monoisotopic (exact) mass is 344 g/mol. The maximum Gasteiger partial charge on any atom is 0.162 e. The first kappa shape index (κ1) is 13.8. The maximum absolute atomic E-state index is 6.04. The largest absolute Gasteiger partial charge is 0.233 e. The highest BCUT2D eigenvalue weighted by atomic mass is 79.9. The van der Waals surface area contributed by atoms with Crippen LogP contribution in [-0.4, -0.2) is 9.97 Å². The van der Waals surface area contributed by atoms with Gasteiger partial charge in [0.15, 0.2) is 5.82 Å². The van der Waals surface area contributed by atoms with Crippen molar-refractivity contribution in [3.05, 3.63) is 44.6 Å². The van der Waals surface area contributed by atoms with E-state index in [2.05, 4.69) is 39.7 Å². The van der Waals surface area contributed by atoms with Gasteiger partial charge in [-0.25, -0.2) is 9.97 Å². The Balaban J connectivity index is 2.56. The van der Waals surface area contributed by atoms with Crippen LogP contribution in [0.15, 0.2) is 28.7 Å². The van der Waals surface area contributed by atoms with Crippen molar-refractivity contribution in [3.8, 4) is 11.4 Å². The highest BCUT2D eigenvalue weighted by Crippen LogP contribution is 2.30. The van der Waals surface area contributed by atoms with E-state index in [0.29, 0.717) is 21.9 Å². The molecule has 2 rings (SSSR count). The quantitative estimate of drug-likeness (QED) is 0.687. The molecule has 0 radical (unpaired) electrons. The van der Waals surface area contributed by atoms with Crippen LogP contribution in [0.3, 0.4) is 0 Å². The molecule has 94 valence electrons. The summed E-state index contributed by atoms with van der Waals surface area (Å²) in [5.41, 5.74) is 1.80. The SMILES string of the molecule is CC(C)c1cc(Cl)nc(-c2ccc(Cl)cc2Br)n1. The molecule has 0 saturated carbocycles. The lowest BCUT2D eigenvalue weighted by atomic mass is 10.1. The summed E-state index contributed by atoms with van der Waals surface area (Å²) in [5, 5.41) is 1.11. The van der Waals surface area contributed by atoms with Crippen molar-refractivity contribution in [1.82, 2.24) is 9.97 Å². The van der Waals surface area contributed by atoms with E-state index in [-0.39, 0.29) is 0 Å². The standard InChI is InChI=1S/C13H11BrCl2N2/c1-7(2)11-6-12(16)18-13(17-11)9-4-3-8(15)5-10(9)14/h3-7H,1-2H3. The molecule has 1 aromatic heterocycles. The number of benzene rings is 1. The minimum atomic E-state index is 0.301. The van der Waals surface area contributed by atoms with Crippen molar-refractivity contribution in [1.29, 1.82) is 0 Å². The molecule has 2 aromatic rings. The minimum absolute atomic E-state index is 0.301. The lowest BCUT2D eigenvalue weighted by molar-refractivity contribution is 0.816. The molecule has 0 aliphatic rings. The molecule has 0 saturated heterocycles. The molecule has 1 heterocycles. The second-order valence-electron chi connectivity index (χ2n) is 4.22. The third-order valence-electron chi connectivity index (χ3n) is 2.48. The number of halogens is 3. The van der Waals surface area contributed by atoms with E-state index in [4.69, 9.17) is 23.2 Å². The van der Waals surface area contributed by atoms with Crippen molar-refractivity contribution >= 4 is 39.1 Å². The molecule has 0 fully saturated rings. The van der Waals surface area contributed by atoms with Crippen molar-refractivity contribution in [2.24, 2.45) is 0 Å². The van der Waals surface area contributed by atoms with E-state index in [9.17, 15) is 0 Å². The third-order valence-corrected chi connectivity index (χ3v) is 3.56. The van der Waals surface area contributed by atoms with Gasteiger partial charge in [0.25, 0.3) is 0 Å². The first-order valence-electron chi connectivity index (χ1n) is 5.47. The zero-order valence-corrected chi connectivity index (χ0v) is 13.0. The Morgan fingerprint density at radius 1 is 1.11 bits per heavy atom. The molecule has 0 spiro atoms. The molecule has 18 heavy (non-hydrogen) atoms. The van der Waals surface area contributed by atoms with E-state index < -0.39 is 0 Å². The maximum atomic E-state index is 6.04. The van der Waals surface area contributed by atoms with E-state index >= 15 is 0 Å². The Bertz CT molecular complexity index is 585. The Morgan fingerprint density at radius 2 is 1.83 bits per heavy atom. The van der Waals surface area contributed by atoms with E-state index in [0.717, 1.165) is 15.7 Å². The van der Waals surface area contributed by atoms with Crippen LogP contribution in [0.4, 0.5) is 0 Å². The molecule has 0 bridgehead atoms. The summed E-state index contributed by atoms with van der Waals surface area (Å²) in [6.07, 6.45) is 0. The van der Waals surface area contributed by atoms with Crippen LogP contribution in [0, 0.1) is 0 Å². The molecule has 1 aromatic carbocycles. The van der Waals surface area contributed by atoms with Crippen LogP contribution in [0.1, 0.15) is 25.5 Å². The van der Waals surface area contributed by atoms with Crippen molar-refractivity contribution in [3.63, 3.8) is 0 Å². The molecule has 0 amide bonds. The molecular weight excluding hydrogens is 335 g/mol. The van der Waals surface area contributed by atoms with Gasteiger partial charge in [0, 0.05) is 20.8 Å². The Kier molecular flexibility index (Phi) is 4.25. The fourth-order valence-corrected chi connectivity index (χ4v) is 2.57. The number of rotatable bonds is 2. The predicted octanol–water partition coefficient (Wildman–Crippen LogP) is 5.34. The zero-order chi connectivity index (χ0) is 13.3. The van der Waals surface area contributed by atoms with Gasteiger partial charge < -0.3 is 0 Å². The Labute approximate surface area is 124 Å². The second kappa shape index (κ2) is 5.55. The lowest BCUT2D eigenvalue weighted by Gasteiger charge is -2.09. The molecule has 0 atom stereocenters. The summed E-state index contributed by atoms with van der Waals surface area (Å²) >= 11 is 15.4. The Morgan fingerprint density at radius 3 is 2.44 bits per heavy atom. The smallest absolute Gasteiger partial charge is 0.162 e. The van der Waals surface area contributed by atoms with E-state index in [1.165, 1.54) is 0 Å². The number of hydrogen-bond donors (Lipinski definition) is 0. The molecule has 0 aliphatic carbocycles. The summed E-state index contributed by atoms with van der Waals surface area (Å²) in [5.74, 6) is 0.907. The van der Waals surface area contributed by atoms with Gasteiger partial charge in [0.05, 0.1) is 0 Å². The summed E-state index contributed by atoms with van der Waals surface area (Å²) in [7, 11) is 0. The fourth-order valence-electron chi connectivity index (χ4n) is 1.52. The molecule has 0 unspecified atom stereocenters. The molecule has 0 aliphatic heterocycles. The highest BCUT2D eigenvalue weighted by Gasteiger charge is 2.11. The third kappa shape index (κ3) is 3.02. The minimum Gasteiger partial charge on any atom is -0.233 e. The van der Waals surface area contributed by atoms with Gasteiger partial charge in [-0.1, -0.05) is 37.0 Å². The van der Waals surface area contributed by atoms with Crippen molar-refractivity contribution in [2.45, 2.75) is 19.8 Å². The van der Waals surface area contributed by atoms with E-state index in [1.807, 2.05) is 12.1 Å². The average molecular weight is 346 g/mol. The Hall–Kier alpha value is -0.640.